The van der Waals surface area contributed by atoms with Gasteiger partial charge in [0, 0.05) is 11.3 Å². The molecule has 1 atom stereocenters. The standard InChI is InChI=1S/C34H30/c1-27(28-17-7-2-8-18-28)34(31-23-13-5-14-24-31,32-25-15-6-16-26-32)33(29-19-9-3-10-20-29)30-21-11-4-12-22-30/h2-27,33H,1H3. The lowest BCUT2D eigenvalue weighted by Gasteiger charge is -2.47. The molecule has 0 saturated heterocycles. The average Bonchev–Trinajstić information content (AvgIpc) is 2.94. The Morgan fingerprint density at radius 3 is 1.03 bits per heavy atom. The smallest absolute Gasteiger partial charge is 0.0377 e. The number of rotatable bonds is 7. The normalized spacial score (nSPS) is 12.4. The molecule has 0 spiro atoms. The molecule has 0 fully saturated rings. The SMILES string of the molecule is CC(c1ccccc1)C(c1ccccc1)(c1ccccc1)C(c1ccccc1)c1ccccc1. The second-order valence-corrected chi connectivity index (χ2v) is 8.99. The lowest BCUT2D eigenvalue weighted by atomic mass is 9.54. The molecule has 0 aliphatic carbocycles. The van der Waals surface area contributed by atoms with E-state index in [1.165, 1.54) is 27.8 Å². The van der Waals surface area contributed by atoms with E-state index in [9.17, 15) is 0 Å². The Morgan fingerprint density at radius 1 is 0.382 bits per heavy atom. The predicted molar refractivity (Wildman–Crippen MR) is 143 cm³/mol. The van der Waals surface area contributed by atoms with Gasteiger partial charge in [0.15, 0.2) is 0 Å². The van der Waals surface area contributed by atoms with Gasteiger partial charge in [-0.15, -0.1) is 0 Å². The highest BCUT2D eigenvalue weighted by Gasteiger charge is 2.48. The minimum Gasteiger partial charge on any atom is -0.0622 e. The maximum absolute atomic E-state index is 2.40. The first kappa shape index (κ1) is 21.9. The minimum absolute atomic E-state index is 0.120. The molecule has 0 aliphatic heterocycles. The van der Waals surface area contributed by atoms with Gasteiger partial charge in [-0.1, -0.05) is 159 Å². The fourth-order valence-electron chi connectivity index (χ4n) is 5.69. The maximum Gasteiger partial charge on any atom is 0.0377 e. The molecule has 0 saturated carbocycles. The third kappa shape index (κ3) is 3.97. The Labute approximate surface area is 203 Å². The third-order valence-corrected chi connectivity index (χ3v) is 7.21. The van der Waals surface area contributed by atoms with Crippen LogP contribution in [0.15, 0.2) is 152 Å². The van der Waals surface area contributed by atoms with Crippen molar-refractivity contribution in [3.63, 3.8) is 0 Å². The summed E-state index contributed by atoms with van der Waals surface area (Å²) in [7, 11) is 0. The Bertz CT molecular complexity index is 1200. The van der Waals surface area contributed by atoms with Crippen LogP contribution in [0, 0.1) is 0 Å². The molecule has 166 valence electrons. The van der Waals surface area contributed by atoms with Crippen LogP contribution < -0.4 is 0 Å². The van der Waals surface area contributed by atoms with E-state index >= 15 is 0 Å². The molecule has 0 aliphatic rings. The first-order valence-electron chi connectivity index (χ1n) is 12.1. The van der Waals surface area contributed by atoms with Crippen molar-refractivity contribution in [2.75, 3.05) is 0 Å². The Balaban J connectivity index is 1.91. The van der Waals surface area contributed by atoms with E-state index in [1.807, 2.05) is 0 Å². The van der Waals surface area contributed by atoms with Crippen LogP contribution >= 0.6 is 0 Å². The lowest BCUT2D eigenvalue weighted by Crippen LogP contribution is -2.41. The first-order valence-corrected chi connectivity index (χ1v) is 12.1. The fraction of sp³-hybridized carbons (Fsp3) is 0.118. The minimum atomic E-state index is -0.327. The molecule has 0 heterocycles. The van der Waals surface area contributed by atoms with Crippen LogP contribution in [0.1, 0.15) is 46.6 Å². The van der Waals surface area contributed by atoms with Crippen LogP contribution in [0.25, 0.3) is 0 Å². The zero-order valence-corrected chi connectivity index (χ0v) is 19.6. The zero-order chi connectivity index (χ0) is 23.2. The summed E-state index contributed by atoms with van der Waals surface area (Å²) in [6.07, 6.45) is 0. The predicted octanol–water partition coefficient (Wildman–Crippen LogP) is 8.61. The fourth-order valence-corrected chi connectivity index (χ4v) is 5.69. The van der Waals surface area contributed by atoms with Crippen molar-refractivity contribution in [1.82, 2.24) is 0 Å². The molecular weight excluding hydrogens is 408 g/mol. The van der Waals surface area contributed by atoms with Gasteiger partial charge in [0.1, 0.15) is 0 Å². The highest BCUT2D eigenvalue weighted by Crippen LogP contribution is 2.55. The maximum atomic E-state index is 2.40. The van der Waals surface area contributed by atoms with Gasteiger partial charge in [-0.05, 0) is 33.7 Å². The third-order valence-electron chi connectivity index (χ3n) is 7.21. The Morgan fingerprint density at radius 2 is 0.676 bits per heavy atom. The van der Waals surface area contributed by atoms with Crippen molar-refractivity contribution in [1.29, 1.82) is 0 Å². The van der Waals surface area contributed by atoms with Gasteiger partial charge in [0.2, 0.25) is 0 Å². The molecule has 0 heteroatoms. The van der Waals surface area contributed by atoms with Gasteiger partial charge in [-0.25, -0.2) is 0 Å². The summed E-state index contributed by atoms with van der Waals surface area (Å²) in [5.74, 6) is 0.332. The Kier molecular flexibility index (Phi) is 6.40. The summed E-state index contributed by atoms with van der Waals surface area (Å²) in [5.41, 5.74) is 6.32. The van der Waals surface area contributed by atoms with E-state index < -0.39 is 0 Å². The van der Waals surface area contributed by atoms with Crippen molar-refractivity contribution in [2.24, 2.45) is 0 Å². The molecule has 5 rings (SSSR count). The zero-order valence-electron chi connectivity index (χ0n) is 19.6. The van der Waals surface area contributed by atoms with Crippen LogP contribution in [0.5, 0.6) is 0 Å². The molecule has 0 bridgehead atoms. The topological polar surface area (TPSA) is 0 Å². The molecule has 5 aromatic carbocycles. The summed E-state index contributed by atoms with van der Waals surface area (Å²) in [6, 6.07) is 55.2. The molecule has 0 aromatic heterocycles. The van der Waals surface area contributed by atoms with E-state index in [-0.39, 0.29) is 17.3 Å². The summed E-state index contributed by atoms with van der Waals surface area (Å²) in [6.45, 7) is 2.40. The van der Waals surface area contributed by atoms with Crippen LogP contribution in [-0.4, -0.2) is 0 Å². The highest BCUT2D eigenvalue weighted by molar-refractivity contribution is 5.53. The van der Waals surface area contributed by atoms with Crippen molar-refractivity contribution < 1.29 is 0 Å². The average molecular weight is 439 g/mol. The van der Waals surface area contributed by atoms with Crippen molar-refractivity contribution >= 4 is 0 Å². The first-order chi connectivity index (χ1) is 16.8. The van der Waals surface area contributed by atoms with Crippen molar-refractivity contribution in [3.8, 4) is 0 Å². The van der Waals surface area contributed by atoms with E-state index in [1.54, 1.807) is 0 Å². The second kappa shape index (κ2) is 9.93. The van der Waals surface area contributed by atoms with E-state index in [2.05, 4.69) is 159 Å². The summed E-state index contributed by atoms with van der Waals surface area (Å²) >= 11 is 0. The van der Waals surface area contributed by atoms with Crippen molar-refractivity contribution in [3.05, 3.63) is 179 Å². The van der Waals surface area contributed by atoms with Gasteiger partial charge >= 0.3 is 0 Å². The summed E-state index contributed by atoms with van der Waals surface area (Å²) < 4.78 is 0. The summed E-state index contributed by atoms with van der Waals surface area (Å²) in [5, 5.41) is 0. The van der Waals surface area contributed by atoms with Gasteiger partial charge < -0.3 is 0 Å². The van der Waals surface area contributed by atoms with Crippen LogP contribution in [0.2, 0.25) is 0 Å². The van der Waals surface area contributed by atoms with E-state index in [0.717, 1.165) is 0 Å². The molecule has 5 aromatic rings. The van der Waals surface area contributed by atoms with Gasteiger partial charge in [0.05, 0.1) is 0 Å². The molecule has 0 nitrogen and oxygen atoms in total. The second-order valence-electron chi connectivity index (χ2n) is 8.99. The van der Waals surface area contributed by atoms with Crippen LogP contribution in [-0.2, 0) is 5.41 Å². The molecular formula is C34H30. The monoisotopic (exact) mass is 438 g/mol. The van der Waals surface area contributed by atoms with Gasteiger partial charge in [0.25, 0.3) is 0 Å². The van der Waals surface area contributed by atoms with Gasteiger partial charge in [-0.2, -0.15) is 0 Å². The van der Waals surface area contributed by atoms with Gasteiger partial charge in [-0.3, -0.25) is 0 Å². The van der Waals surface area contributed by atoms with Crippen LogP contribution in [0.4, 0.5) is 0 Å². The largest absolute Gasteiger partial charge is 0.0622 e. The van der Waals surface area contributed by atoms with E-state index in [0.29, 0.717) is 0 Å². The number of hydrogen-bond acceptors (Lipinski definition) is 0. The molecule has 0 amide bonds. The van der Waals surface area contributed by atoms with E-state index in [4.69, 9.17) is 0 Å². The lowest BCUT2D eigenvalue weighted by molar-refractivity contribution is 0.383. The Hall–Kier alpha value is -3.90. The molecule has 0 radical (unpaired) electrons. The van der Waals surface area contributed by atoms with Crippen LogP contribution in [0.3, 0.4) is 0 Å². The molecule has 1 unspecified atom stereocenters. The summed E-state index contributed by atoms with van der Waals surface area (Å²) in [4.78, 5) is 0. The quantitative estimate of drug-likeness (QED) is 0.239. The molecule has 0 N–H and O–H groups in total. The molecule has 34 heavy (non-hydrogen) atoms. The highest BCUT2D eigenvalue weighted by atomic mass is 14.5. The number of benzene rings is 5. The number of hydrogen-bond donors (Lipinski definition) is 0. The van der Waals surface area contributed by atoms with Crippen molar-refractivity contribution in [2.45, 2.75) is 24.2 Å².